The summed E-state index contributed by atoms with van der Waals surface area (Å²) in [6, 6.07) is 0. The van der Waals surface area contributed by atoms with Crippen molar-refractivity contribution in [2.24, 2.45) is 0 Å². The Morgan fingerprint density at radius 3 is 2.80 bits per heavy atom. The molecule has 0 unspecified atom stereocenters. The highest BCUT2D eigenvalue weighted by atomic mass is 35.5. The Bertz CT molecular complexity index is 311. The van der Waals surface area contributed by atoms with Crippen LogP contribution in [0.4, 0.5) is 5.82 Å². The van der Waals surface area contributed by atoms with E-state index in [0.29, 0.717) is 5.82 Å². The Morgan fingerprint density at radius 1 is 1.27 bits per heavy atom. The van der Waals surface area contributed by atoms with Gasteiger partial charge in [0.25, 0.3) is 0 Å². The summed E-state index contributed by atoms with van der Waals surface area (Å²) in [5, 5.41) is 10.6. The number of hydrogen-bond donors (Lipinski definition) is 1. The van der Waals surface area contributed by atoms with Gasteiger partial charge in [-0.05, 0) is 36.5 Å². The molecule has 0 fully saturated rings. The van der Waals surface area contributed by atoms with Crippen LogP contribution in [0.3, 0.4) is 0 Å². The molecule has 0 aliphatic rings. The molecule has 0 saturated carbocycles. The van der Waals surface area contributed by atoms with Crippen LogP contribution in [0.1, 0.15) is 12.8 Å². The molecule has 0 aliphatic carbocycles. The third kappa shape index (κ3) is 4.86. The maximum atomic E-state index is 5.77. The molecule has 1 aromatic rings. The predicted molar refractivity (Wildman–Crippen MR) is 66.0 cm³/mol. The van der Waals surface area contributed by atoms with Crippen molar-refractivity contribution in [3.63, 3.8) is 0 Å². The fourth-order valence-corrected chi connectivity index (χ4v) is 1.75. The van der Waals surface area contributed by atoms with Crippen LogP contribution in [0, 0.1) is 0 Å². The highest BCUT2D eigenvalue weighted by Gasteiger charge is 2.04. The summed E-state index contributed by atoms with van der Waals surface area (Å²) < 4.78 is 0. The average molecular weight is 267 g/mol. The Balaban J connectivity index is 2.33. The first-order valence-corrected chi connectivity index (χ1v) is 6.67. The number of rotatable bonds is 6. The highest BCUT2D eigenvalue weighted by Crippen LogP contribution is 2.16. The van der Waals surface area contributed by atoms with Crippen LogP contribution in [-0.2, 0) is 0 Å². The van der Waals surface area contributed by atoms with Crippen LogP contribution in [0.25, 0.3) is 0 Å². The largest absolute Gasteiger partial charge is 0.367 e. The zero-order valence-electron chi connectivity index (χ0n) is 8.33. The summed E-state index contributed by atoms with van der Waals surface area (Å²) in [5.74, 6) is 1.67. The Labute approximate surface area is 103 Å². The summed E-state index contributed by atoms with van der Waals surface area (Å²) in [5.41, 5.74) is 0. The fourth-order valence-electron chi connectivity index (χ4n) is 0.984. The predicted octanol–water partition coefficient (Wildman–Crippen LogP) is 2.73. The number of unbranched alkanes of at least 4 members (excludes halogenated alkanes) is 1. The third-order valence-electron chi connectivity index (χ3n) is 1.69. The Hall–Kier alpha value is -0.260. The van der Waals surface area contributed by atoms with Gasteiger partial charge in [-0.25, -0.2) is 0 Å². The summed E-state index contributed by atoms with van der Waals surface area (Å²) in [4.78, 5) is 3.93. The molecule has 0 saturated heterocycles. The molecule has 15 heavy (non-hydrogen) atoms. The monoisotopic (exact) mass is 266 g/mol. The topological polar surface area (TPSA) is 50.7 Å². The SMILES string of the molecule is CSCCCCNc1nc(Cl)nnc1Cl. The highest BCUT2D eigenvalue weighted by molar-refractivity contribution is 7.98. The van der Waals surface area contributed by atoms with E-state index in [-0.39, 0.29) is 10.4 Å². The molecule has 0 spiro atoms. The molecule has 0 aromatic carbocycles. The minimum absolute atomic E-state index is 0.103. The van der Waals surface area contributed by atoms with Crippen LogP contribution in [0.5, 0.6) is 0 Å². The van der Waals surface area contributed by atoms with Crippen LogP contribution in [0.2, 0.25) is 10.4 Å². The van der Waals surface area contributed by atoms with Crippen molar-refractivity contribution in [1.29, 1.82) is 0 Å². The van der Waals surface area contributed by atoms with Gasteiger partial charge in [0.2, 0.25) is 5.28 Å². The molecular weight excluding hydrogens is 255 g/mol. The lowest BCUT2D eigenvalue weighted by atomic mass is 10.3. The molecule has 4 nitrogen and oxygen atoms in total. The third-order valence-corrected chi connectivity index (χ3v) is 2.80. The molecule has 7 heteroatoms. The summed E-state index contributed by atoms with van der Waals surface area (Å²) >= 11 is 13.2. The van der Waals surface area contributed by atoms with Gasteiger partial charge in [-0.1, -0.05) is 11.6 Å². The van der Waals surface area contributed by atoms with E-state index in [1.54, 1.807) is 0 Å². The molecular formula is C8H12Cl2N4S. The van der Waals surface area contributed by atoms with Gasteiger partial charge in [-0.15, -0.1) is 10.2 Å². The van der Waals surface area contributed by atoms with Crippen LogP contribution in [0.15, 0.2) is 0 Å². The van der Waals surface area contributed by atoms with E-state index in [2.05, 4.69) is 26.8 Å². The first-order valence-electron chi connectivity index (χ1n) is 4.52. The standard InChI is InChI=1S/C8H12Cl2N4S/c1-15-5-3-2-4-11-7-6(9)13-14-8(10)12-7/h2-5H2,1H3,(H,11,12,14). The number of anilines is 1. The minimum Gasteiger partial charge on any atom is -0.367 e. The van der Waals surface area contributed by atoms with Crippen molar-refractivity contribution < 1.29 is 0 Å². The number of aromatic nitrogens is 3. The quantitative estimate of drug-likeness (QED) is 0.803. The second-order valence-corrected chi connectivity index (χ2v) is 4.53. The fraction of sp³-hybridized carbons (Fsp3) is 0.625. The smallest absolute Gasteiger partial charge is 0.245 e. The average Bonchev–Trinajstić information content (AvgIpc) is 2.23. The molecule has 0 radical (unpaired) electrons. The van der Waals surface area contributed by atoms with E-state index in [9.17, 15) is 0 Å². The van der Waals surface area contributed by atoms with Crippen molar-refractivity contribution in [3.05, 3.63) is 10.4 Å². The van der Waals surface area contributed by atoms with Gasteiger partial charge in [0.15, 0.2) is 11.0 Å². The summed E-state index contributed by atoms with van der Waals surface area (Å²) in [7, 11) is 0. The zero-order chi connectivity index (χ0) is 11.1. The lowest BCUT2D eigenvalue weighted by Crippen LogP contribution is -2.06. The first kappa shape index (κ1) is 12.8. The van der Waals surface area contributed by atoms with Crippen molar-refractivity contribution in [2.45, 2.75) is 12.8 Å². The van der Waals surface area contributed by atoms with Crippen LogP contribution < -0.4 is 5.32 Å². The van der Waals surface area contributed by atoms with Gasteiger partial charge < -0.3 is 5.32 Å². The maximum absolute atomic E-state index is 5.77. The van der Waals surface area contributed by atoms with Crippen molar-refractivity contribution in [1.82, 2.24) is 15.2 Å². The second-order valence-electron chi connectivity index (χ2n) is 2.85. The molecule has 0 aliphatic heterocycles. The number of thioether (sulfide) groups is 1. The summed E-state index contributed by atoms with van der Waals surface area (Å²) in [6.07, 6.45) is 4.33. The van der Waals surface area contributed by atoms with Crippen molar-refractivity contribution >= 4 is 40.8 Å². The molecule has 1 heterocycles. The van der Waals surface area contributed by atoms with E-state index in [4.69, 9.17) is 23.2 Å². The Morgan fingerprint density at radius 2 is 2.07 bits per heavy atom. The van der Waals surface area contributed by atoms with Crippen LogP contribution in [-0.4, -0.2) is 33.7 Å². The molecule has 0 amide bonds. The number of nitrogens with one attached hydrogen (secondary N) is 1. The summed E-state index contributed by atoms with van der Waals surface area (Å²) in [6.45, 7) is 0.815. The van der Waals surface area contributed by atoms with Gasteiger partial charge >= 0.3 is 0 Å². The van der Waals surface area contributed by atoms with Crippen molar-refractivity contribution in [2.75, 3.05) is 23.9 Å². The first-order chi connectivity index (χ1) is 7.24. The van der Waals surface area contributed by atoms with E-state index in [1.807, 2.05) is 11.8 Å². The van der Waals surface area contributed by atoms with E-state index < -0.39 is 0 Å². The Kier molecular flexibility index (Phi) is 6.05. The minimum atomic E-state index is 0.103. The normalized spacial score (nSPS) is 10.3. The lowest BCUT2D eigenvalue weighted by molar-refractivity contribution is 0.835. The second kappa shape index (κ2) is 7.09. The molecule has 0 atom stereocenters. The zero-order valence-corrected chi connectivity index (χ0v) is 10.7. The van der Waals surface area contributed by atoms with Gasteiger partial charge in [-0.2, -0.15) is 16.7 Å². The van der Waals surface area contributed by atoms with Gasteiger partial charge in [-0.3, -0.25) is 0 Å². The van der Waals surface area contributed by atoms with Crippen LogP contribution >= 0.6 is 35.0 Å². The molecule has 1 N–H and O–H groups in total. The number of halogens is 2. The van der Waals surface area contributed by atoms with Gasteiger partial charge in [0, 0.05) is 6.54 Å². The van der Waals surface area contributed by atoms with Gasteiger partial charge in [0.05, 0.1) is 0 Å². The number of nitrogens with zero attached hydrogens (tertiary/aromatic N) is 3. The molecule has 0 bridgehead atoms. The van der Waals surface area contributed by atoms with E-state index in [1.165, 1.54) is 0 Å². The lowest BCUT2D eigenvalue weighted by Gasteiger charge is -2.05. The van der Waals surface area contributed by atoms with Gasteiger partial charge in [0.1, 0.15) is 0 Å². The van der Waals surface area contributed by atoms with E-state index >= 15 is 0 Å². The molecule has 84 valence electrons. The van der Waals surface area contributed by atoms with Crippen molar-refractivity contribution in [3.8, 4) is 0 Å². The maximum Gasteiger partial charge on any atom is 0.245 e. The molecule has 1 rings (SSSR count). The van der Waals surface area contributed by atoms with E-state index in [0.717, 1.165) is 25.1 Å². The number of hydrogen-bond acceptors (Lipinski definition) is 5. The molecule has 1 aromatic heterocycles.